The monoisotopic (exact) mass is 494 g/mol. The zero-order valence-electron chi connectivity index (χ0n) is 20.9. The fourth-order valence-corrected chi connectivity index (χ4v) is 4.98. The molecule has 1 saturated heterocycles. The second kappa shape index (κ2) is 10.3. The smallest absolute Gasteiger partial charge is 0.250 e. The Kier molecular flexibility index (Phi) is 6.97. The van der Waals surface area contributed by atoms with Crippen molar-refractivity contribution < 1.29 is 18.7 Å². The molecule has 10 heteroatoms. The van der Waals surface area contributed by atoms with E-state index in [2.05, 4.69) is 21.8 Å². The number of hydrogen-bond donors (Lipinski definition) is 0. The van der Waals surface area contributed by atoms with Gasteiger partial charge in [0.2, 0.25) is 11.8 Å². The number of fused-ring (bicyclic) bond motifs is 1. The van der Waals surface area contributed by atoms with E-state index in [1.807, 2.05) is 24.0 Å². The molecule has 3 aromatic rings. The van der Waals surface area contributed by atoms with Gasteiger partial charge in [-0.1, -0.05) is 0 Å². The lowest BCUT2D eigenvalue weighted by Crippen LogP contribution is -2.50. The Hall–Kier alpha value is -3.37. The van der Waals surface area contributed by atoms with Gasteiger partial charge < -0.3 is 14.4 Å². The van der Waals surface area contributed by atoms with Gasteiger partial charge in [-0.15, -0.1) is 0 Å². The number of likely N-dealkylation sites (N-methyl/N-ethyl adjacent to an activating group) is 1. The van der Waals surface area contributed by atoms with Crippen LogP contribution in [0, 0.1) is 5.82 Å². The van der Waals surface area contributed by atoms with Crippen LogP contribution in [0.5, 0.6) is 5.88 Å². The normalized spacial score (nSPS) is 17.6. The van der Waals surface area contributed by atoms with Crippen LogP contribution in [-0.2, 0) is 22.4 Å². The summed E-state index contributed by atoms with van der Waals surface area (Å²) < 4.78 is 27.0. The number of rotatable bonds is 6. The second-order valence-electron chi connectivity index (χ2n) is 9.07. The molecule has 36 heavy (non-hydrogen) atoms. The minimum atomic E-state index is -0.539. The Bertz CT molecular complexity index is 1260. The summed E-state index contributed by atoms with van der Waals surface area (Å²) in [5, 5.41) is 4.93. The minimum absolute atomic E-state index is 0.0168. The number of methoxy groups -OCH3 is 1. The molecule has 5 rings (SSSR count). The molecular formula is C26H31FN6O3. The molecule has 2 aliphatic rings. The van der Waals surface area contributed by atoms with Crippen LogP contribution in [0.15, 0.2) is 30.6 Å². The molecule has 1 fully saturated rings. The van der Waals surface area contributed by atoms with Crippen LogP contribution in [0.3, 0.4) is 0 Å². The number of piperazine rings is 1. The molecule has 1 atom stereocenters. The van der Waals surface area contributed by atoms with Gasteiger partial charge in [0.05, 0.1) is 55.8 Å². The van der Waals surface area contributed by atoms with E-state index in [0.29, 0.717) is 38.3 Å². The lowest BCUT2D eigenvalue weighted by molar-refractivity contribution is -0.136. The van der Waals surface area contributed by atoms with E-state index >= 15 is 0 Å². The lowest BCUT2D eigenvalue weighted by Gasteiger charge is -2.36. The third-order valence-corrected chi connectivity index (χ3v) is 7.06. The number of nitrogens with zero attached hydrogens (tertiary/aromatic N) is 6. The van der Waals surface area contributed by atoms with Crippen LogP contribution in [0.25, 0.3) is 16.9 Å². The molecule has 0 aromatic carbocycles. The molecule has 1 amide bonds. The molecule has 1 unspecified atom stereocenters. The van der Waals surface area contributed by atoms with Crippen LogP contribution in [0.2, 0.25) is 0 Å². The topological polar surface area (TPSA) is 85.6 Å². The average Bonchev–Trinajstić information content (AvgIpc) is 3.08. The van der Waals surface area contributed by atoms with Gasteiger partial charge in [-0.05, 0) is 32.4 Å². The molecule has 190 valence electrons. The molecule has 0 saturated carbocycles. The van der Waals surface area contributed by atoms with Gasteiger partial charge in [-0.2, -0.15) is 5.10 Å². The van der Waals surface area contributed by atoms with Gasteiger partial charge in [-0.3, -0.25) is 14.7 Å². The maximum atomic E-state index is 14.5. The summed E-state index contributed by atoms with van der Waals surface area (Å²) in [6, 6.07) is 5.37. The van der Waals surface area contributed by atoms with Crippen molar-refractivity contribution in [3.63, 3.8) is 0 Å². The van der Waals surface area contributed by atoms with E-state index in [9.17, 15) is 9.18 Å². The molecule has 9 nitrogen and oxygen atoms in total. The number of ether oxygens (including phenoxy) is 2. The van der Waals surface area contributed by atoms with E-state index < -0.39 is 5.82 Å². The van der Waals surface area contributed by atoms with Gasteiger partial charge in [0.25, 0.3) is 0 Å². The van der Waals surface area contributed by atoms with Crippen LogP contribution >= 0.6 is 0 Å². The Morgan fingerprint density at radius 3 is 2.78 bits per heavy atom. The first-order valence-electron chi connectivity index (χ1n) is 12.4. The third kappa shape index (κ3) is 4.58. The average molecular weight is 495 g/mol. The van der Waals surface area contributed by atoms with Crippen molar-refractivity contribution in [2.75, 3.05) is 46.5 Å². The van der Waals surface area contributed by atoms with Crippen molar-refractivity contribution in [3.8, 4) is 22.8 Å². The fraction of sp³-hybridized carbons (Fsp3) is 0.462. The number of halogens is 1. The van der Waals surface area contributed by atoms with Crippen LogP contribution in [0.1, 0.15) is 36.8 Å². The Morgan fingerprint density at radius 1 is 1.19 bits per heavy atom. The lowest BCUT2D eigenvalue weighted by atomic mass is 10.0. The quantitative estimate of drug-likeness (QED) is 0.521. The predicted molar refractivity (Wildman–Crippen MR) is 132 cm³/mol. The van der Waals surface area contributed by atoms with Crippen LogP contribution in [0.4, 0.5) is 4.39 Å². The summed E-state index contributed by atoms with van der Waals surface area (Å²) in [6.07, 6.45) is 4.72. The fourth-order valence-electron chi connectivity index (χ4n) is 4.98. The first-order chi connectivity index (χ1) is 17.5. The zero-order chi connectivity index (χ0) is 25.2. The molecule has 0 bridgehead atoms. The molecule has 0 aliphatic carbocycles. The zero-order valence-corrected chi connectivity index (χ0v) is 20.9. The maximum Gasteiger partial charge on any atom is 0.250 e. The highest BCUT2D eigenvalue weighted by Crippen LogP contribution is 2.32. The van der Waals surface area contributed by atoms with E-state index in [1.54, 1.807) is 17.1 Å². The highest BCUT2D eigenvalue weighted by atomic mass is 19.1. The van der Waals surface area contributed by atoms with Crippen molar-refractivity contribution in [3.05, 3.63) is 53.4 Å². The van der Waals surface area contributed by atoms with Gasteiger partial charge in [0, 0.05) is 55.5 Å². The van der Waals surface area contributed by atoms with Gasteiger partial charge in [0.15, 0.2) is 5.82 Å². The molecule has 0 N–H and O–H groups in total. The number of amides is 1. The number of pyridine rings is 2. The second-order valence-corrected chi connectivity index (χ2v) is 9.07. The number of aromatic nitrogens is 4. The summed E-state index contributed by atoms with van der Waals surface area (Å²) in [5.41, 5.74) is 5.25. The highest BCUT2D eigenvalue weighted by molar-refractivity contribution is 5.79. The van der Waals surface area contributed by atoms with Crippen molar-refractivity contribution in [2.24, 2.45) is 0 Å². The molecule has 3 aromatic heterocycles. The number of hydrogen-bond acceptors (Lipinski definition) is 7. The molecule has 5 heterocycles. The molecule has 0 radical (unpaired) electrons. The summed E-state index contributed by atoms with van der Waals surface area (Å²) >= 11 is 0. The van der Waals surface area contributed by atoms with Gasteiger partial charge >= 0.3 is 0 Å². The minimum Gasteiger partial charge on any atom is -0.479 e. The van der Waals surface area contributed by atoms with E-state index in [4.69, 9.17) is 14.6 Å². The Balaban J connectivity index is 1.50. The van der Waals surface area contributed by atoms with E-state index in [-0.39, 0.29) is 17.8 Å². The summed E-state index contributed by atoms with van der Waals surface area (Å²) in [4.78, 5) is 25.2. The first-order valence-corrected chi connectivity index (χ1v) is 12.4. The molecule has 0 spiro atoms. The van der Waals surface area contributed by atoms with Gasteiger partial charge in [0.1, 0.15) is 0 Å². The molecule has 2 aliphatic heterocycles. The number of carbonyl (C=O) groups excluding carboxylic acids is 1. The van der Waals surface area contributed by atoms with Crippen LogP contribution < -0.4 is 4.74 Å². The van der Waals surface area contributed by atoms with Crippen molar-refractivity contribution in [1.82, 2.24) is 29.5 Å². The first kappa shape index (κ1) is 24.3. The maximum absolute atomic E-state index is 14.5. The van der Waals surface area contributed by atoms with E-state index in [0.717, 1.165) is 47.8 Å². The summed E-state index contributed by atoms with van der Waals surface area (Å²) in [6.45, 7) is 7.91. The predicted octanol–water partition coefficient (Wildman–Crippen LogP) is 2.82. The summed E-state index contributed by atoms with van der Waals surface area (Å²) in [5.74, 6) is -0.439. The number of carbonyl (C=O) groups is 1. The molecular weight excluding hydrogens is 463 g/mol. The highest BCUT2D eigenvalue weighted by Gasteiger charge is 2.28. The van der Waals surface area contributed by atoms with Crippen molar-refractivity contribution in [1.29, 1.82) is 0 Å². The van der Waals surface area contributed by atoms with Crippen LogP contribution in [-0.4, -0.2) is 82.0 Å². The third-order valence-electron chi connectivity index (χ3n) is 7.06. The SMILES string of the molecule is CCN1CCN(C(C)c2cc(-c3nn(-c4cnc(OC)c(F)c4)c4c3CCOCC4)ccn2)CC1=O. The van der Waals surface area contributed by atoms with Gasteiger partial charge in [-0.25, -0.2) is 14.1 Å². The Morgan fingerprint density at radius 2 is 2.03 bits per heavy atom. The Labute approximate surface area is 209 Å². The standard InChI is InChI=1S/C26H31FN6O3/c1-4-31-9-10-32(16-24(31)34)17(2)22-13-18(5-8-28-22)25-20-6-11-36-12-7-23(20)33(30-25)19-14-21(27)26(35-3)29-15-19/h5,8,13-15,17H,4,6-7,9-12,16H2,1-3H3. The van der Waals surface area contributed by atoms with E-state index in [1.165, 1.54) is 13.2 Å². The van der Waals surface area contributed by atoms with Crippen molar-refractivity contribution in [2.45, 2.75) is 32.7 Å². The van der Waals surface area contributed by atoms with Crippen molar-refractivity contribution >= 4 is 5.91 Å². The largest absolute Gasteiger partial charge is 0.479 e. The summed E-state index contributed by atoms with van der Waals surface area (Å²) in [7, 11) is 1.39.